The summed E-state index contributed by atoms with van der Waals surface area (Å²) in [5.41, 5.74) is 0. The van der Waals surface area contributed by atoms with E-state index in [0.29, 0.717) is 6.61 Å². The van der Waals surface area contributed by atoms with Crippen LogP contribution in [0.5, 0.6) is 0 Å². The number of carbonyl (C=O) groups excluding carboxylic acids is 1. The van der Waals surface area contributed by atoms with Crippen LogP contribution < -0.4 is 0 Å². The Labute approximate surface area is 139 Å². The molecule has 1 radical (unpaired) electrons. The molecule has 0 aromatic rings. The third-order valence-electron chi connectivity index (χ3n) is 4.32. The van der Waals surface area contributed by atoms with Gasteiger partial charge in [0.15, 0.2) is 0 Å². The first-order chi connectivity index (χ1) is 10.8. The van der Waals surface area contributed by atoms with Gasteiger partial charge in [-0.2, -0.15) is 0 Å². The summed E-state index contributed by atoms with van der Waals surface area (Å²) in [6.07, 6.45) is 21.6. The summed E-state index contributed by atoms with van der Waals surface area (Å²) in [5.74, 6) is 0. The van der Waals surface area contributed by atoms with Gasteiger partial charge in [0.05, 0.1) is 0 Å². The van der Waals surface area contributed by atoms with Crippen molar-refractivity contribution in [1.29, 1.82) is 0 Å². The van der Waals surface area contributed by atoms with Crippen LogP contribution in [0, 0.1) is 0 Å². The van der Waals surface area contributed by atoms with Crippen molar-refractivity contribution in [2.45, 2.75) is 116 Å². The van der Waals surface area contributed by atoms with Gasteiger partial charge < -0.3 is 4.74 Å². The van der Waals surface area contributed by atoms with Gasteiger partial charge in [0.1, 0.15) is 6.10 Å². The van der Waals surface area contributed by atoms with Crippen molar-refractivity contribution in [3.8, 4) is 0 Å². The first-order valence-corrected chi connectivity index (χ1v) is 9.84. The number of ether oxygens (including phenoxy) is 1. The van der Waals surface area contributed by atoms with Crippen molar-refractivity contribution < 1.29 is 9.53 Å². The minimum absolute atomic E-state index is 0.290. The van der Waals surface area contributed by atoms with Crippen LogP contribution >= 0.6 is 0 Å². The van der Waals surface area contributed by atoms with E-state index in [1.165, 1.54) is 83.5 Å². The normalized spacial score (nSPS) is 12.5. The molecular weight excluding hydrogens is 272 g/mol. The maximum absolute atomic E-state index is 10.6. The van der Waals surface area contributed by atoms with Crippen molar-refractivity contribution >= 4 is 6.29 Å². The number of hydrogen-bond acceptors (Lipinski definition) is 2. The van der Waals surface area contributed by atoms with Crippen molar-refractivity contribution in [3.05, 3.63) is 0 Å². The average molecular weight is 312 g/mol. The van der Waals surface area contributed by atoms with E-state index in [2.05, 4.69) is 6.92 Å². The fraction of sp³-hybridized carbons (Fsp3) is 0.950. The van der Waals surface area contributed by atoms with Gasteiger partial charge in [-0.1, -0.05) is 96.8 Å². The minimum Gasteiger partial charge on any atom is -0.370 e. The second kappa shape index (κ2) is 18.7. The predicted molar refractivity (Wildman–Crippen MR) is 96.0 cm³/mol. The van der Waals surface area contributed by atoms with E-state index in [4.69, 9.17) is 4.74 Å². The molecule has 1 atom stereocenters. The van der Waals surface area contributed by atoms with Crippen LogP contribution in [0.1, 0.15) is 110 Å². The molecule has 1 unspecified atom stereocenters. The Kier molecular flexibility index (Phi) is 18.4. The molecule has 0 aromatic carbocycles. The van der Waals surface area contributed by atoms with E-state index in [9.17, 15) is 4.79 Å². The Morgan fingerprint density at radius 2 is 1.09 bits per heavy atom. The highest BCUT2D eigenvalue weighted by molar-refractivity contribution is 5.56. The van der Waals surface area contributed by atoms with Crippen molar-refractivity contribution in [2.75, 3.05) is 6.61 Å². The second-order valence-electron chi connectivity index (χ2n) is 6.45. The van der Waals surface area contributed by atoms with E-state index in [1.54, 1.807) is 0 Å². The largest absolute Gasteiger partial charge is 0.370 e. The molecule has 0 amide bonds. The van der Waals surface area contributed by atoms with Gasteiger partial charge in [0, 0.05) is 6.61 Å². The van der Waals surface area contributed by atoms with E-state index >= 15 is 0 Å². The molecule has 2 heteroatoms. The molecule has 0 N–H and O–H groups in total. The number of hydrogen-bond donors (Lipinski definition) is 0. The molecule has 2 nitrogen and oxygen atoms in total. The lowest BCUT2D eigenvalue weighted by Crippen LogP contribution is -2.13. The highest BCUT2D eigenvalue weighted by Gasteiger charge is 2.06. The van der Waals surface area contributed by atoms with Gasteiger partial charge >= 0.3 is 0 Å². The van der Waals surface area contributed by atoms with Crippen LogP contribution in [-0.4, -0.2) is 19.0 Å². The van der Waals surface area contributed by atoms with Crippen molar-refractivity contribution in [3.63, 3.8) is 0 Å². The topological polar surface area (TPSA) is 26.3 Å². The Morgan fingerprint density at radius 1 is 0.682 bits per heavy atom. The van der Waals surface area contributed by atoms with Crippen molar-refractivity contribution in [2.24, 2.45) is 0 Å². The van der Waals surface area contributed by atoms with Gasteiger partial charge in [-0.15, -0.1) is 0 Å². The molecule has 0 saturated carbocycles. The van der Waals surface area contributed by atoms with Gasteiger partial charge in [-0.25, -0.2) is 0 Å². The Balaban J connectivity index is 3.09. The molecule has 0 aromatic heterocycles. The smallest absolute Gasteiger partial charge is 0.229 e. The summed E-state index contributed by atoms with van der Waals surface area (Å²) in [6, 6.07) is 0. The fourth-order valence-corrected chi connectivity index (χ4v) is 2.90. The first kappa shape index (κ1) is 21.6. The van der Waals surface area contributed by atoms with Crippen LogP contribution in [0.3, 0.4) is 0 Å². The predicted octanol–water partition coefficient (Wildman–Crippen LogP) is 6.37. The fourth-order valence-electron chi connectivity index (χ4n) is 2.90. The third-order valence-corrected chi connectivity index (χ3v) is 4.32. The monoisotopic (exact) mass is 311 g/mol. The lowest BCUT2D eigenvalue weighted by atomic mass is 10.0. The first-order valence-electron chi connectivity index (χ1n) is 9.84. The van der Waals surface area contributed by atoms with Gasteiger partial charge in [0.25, 0.3) is 0 Å². The maximum Gasteiger partial charge on any atom is 0.229 e. The zero-order valence-corrected chi connectivity index (χ0v) is 15.2. The highest BCUT2D eigenvalue weighted by atomic mass is 16.5. The minimum atomic E-state index is -0.290. The van der Waals surface area contributed by atoms with Gasteiger partial charge in [-0.05, 0) is 13.3 Å². The van der Waals surface area contributed by atoms with Crippen LogP contribution in [0.4, 0.5) is 0 Å². The molecule has 0 heterocycles. The molecule has 0 fully saturated rings. The van der Waals surface area contributed by atoms with E-state index in [0.717, 1.165) is 12.8 Å². The van der Waals surface area contributed by atoms with Gasteiger partial charge in [-0.3, -0.25) is 4.79 Å². The summed E-state index contributed by atoms with van der Waals surface area (Å²) < 4.78 is 5.28. The Hall–Kier alpha value is -0.370. The zero-order valence-electron chi connectivity index (χ0n) is 15.2. The summed E-state index contributed by atoms with van der Waals surface area (Å²) in [5, 5.41) is 0. The molecule has 0 saturated heterocycles. The molecule has 0 bridgehead atoms. The second-order valence-corrected chi connectivity index (χ2v) is 6.45. The lowest BCUT2D eigenvalue weighted by Gasteiger charge is -2.08. The number of rotatable bonds is 18. The van der Waals surface area contributed by atoms with E-state index in [-0.39, 0.29) is 6.10 Å². The molecule has 131 valence electrons. The molecule has 0 spiro atoms. The Morgan fingerprint density at radius 3 is 1.45 bits per heavy atom. The van der Waals surface area contributed by atoms with Crippen molar-refractivity contribution in [1.82, 2.24) is 0 Å². The quantitative estimate of drug-likeness (QED) is 0.275. The molecule has 22 heavy (non-hydrogen) atoms. The standard InChI is InChI=1S/C20H39O2/c1-3-5-6-7-8-9-10-11-12-13-14-15-16-17-18-20(19-21)22-4-2/h20H,3-18H2,1-2H3. The lowest BCUT2D eigenvalue weighted by molar-refractivity contribution is 0.0990. The maximum atomic E-state index is 10.6. The van der Waals surface area contributed by atoms with E-state index in [1.807, 2.05) is 13.2 Å². The molecule has 0 rings (SSSR count). The van der Waals surface area contributed by atoms with Crippen LogP contribution in [0.15, 0.2) is 0 Å². The Bertz CT molecular complexity index is 216. The summed E-state index contributed by atoms with van der Waals surface area (Å²) in [6.45, 7) is 4.81. The van der Waals surface area contributed by atoms with Crippen LogP contribution in [0.25, 0.3) is 0 Å². The average Bonchev–Trinajstić information content (AvgIpc) is 2.54. The van der Waals surface area contributed by atoms with Gasteiger partial charge in [0.2, 0.25) is 6.29 Å². The van der Waals surface area contributed by atoms with E-state index < -0.39 is 0 Å². The number of unbranched alkanes of at least 4 members (excludes halogenated alkanes) is 13. The summed E-state index contributed by atoms with van der Waals surface area (Å²) in [4.78, 5) is 10.6. The highest BCUT2D eigenvalue weighted by Crippen LogP contribution is 2.13. The zero-order chi connectivity index (χ0) is 16.3. The van der Waals surface area contributed by atoms with Crippen LogP contribution in [0.2, 0.25) is 0 Å². The molecule has 0 aliphatic heterocycles. The summed E-state index contributed by atoms with van der Waals surface area (Å²) >= 11 is 0. The molecule has 0 aliphatic rings. The molecular formula is C20H39O2. The SMILES string of the molecule is CCCCCCCCCCCCCCCCC([C]=O)OCC. The van der Waals surface area contributed by atoms with Crippen LogP contribution in [-0.2, 0) is 9.53 Å². The molecule has 0 aliphatic carbocycles. The third kappa shape index (κ3) is 16.0. The summed E-state index contributed by atoms with van der Waals surface area (Å²) in [7, 11) is 0.